The number of hydrogen-bond acceptors (Lipinski definition) is 3. The standard InChI is InChI=1S/C24H28N2O/c27-24(22-12-10-21(11-13-22)20-7-2-1-3-8-20)14-18-26-17-6-9-23(26)19-25-15-4-5-16-25/h1-3,7-8,10-14,18,23H,4-6,9,15-17,19H2/t23-/m0/s1. The number of benzene rings is 2. The summed E-state index contributed by atoms with van der Waals surface area (Å²) >= 11 is 0. The van der Waals surface area contributed by atoms with Crippen LogP contribution in [0, 0.1) is 0 Å². The molecule has 2 aliphatic heterocycles. The molecule has 1 atom stereocenters. The molecule has 2 heterocycles. The van der Waals surface area contributed by atoms with E-state index in [1.165, 1.54) is 44.3 Å². The Morgan fingerprint density at radius 2 is 1.59 bits per heavy atom. The fourth-order valence-corrected chi connectivity index (χ4v) is 4.23. The minimum atomic E-state index is 0.0847. The second-order valence-electron chi connectivity index (χ2n) is 7.66. The van der Waals surface area contributed by atoms with Crippen LogP contribution < -0.4 is 0 Å². The van der Waals surface area contributed by atoms with E-state index in [4.69, 9.17) is 0 Å². The molecule has 3 nitrogen and oxygen atoms in total. The number of ketones is 1. The lowest BCUT2D eigenvalue weighted by atomic mass is 10.0. The Morgan fingerprint density at radius 3 is 2.33 bits per heavy atom. The molecule has 2 saturated heterocycles. The molecule has 2 aliphatic rings. The maximum absolute atomic E-state index is 12.6. The van der Waals surface area contributed by atoms with Crippen molar-refractivity contribution in [1.29, 1.82) is 0 Å². The summed E-state index contributed by atoms with van der Waals surface area (Å²) in [6.07, 6.45) is 8.91. The summed E-state index contributed by atoms with van der Waals surface area (Å²) in [5.74, 6) is 0.0847. The van der Waals surface area contributed by atoms with Crippen molar-refractivity contribution in [3.63, 3.8) is 0 Å². The molecule has 0 unspecified atom stereocenters. The first kappa shape index (κ1) is 18.0. The number of carbonyl (C=O) groups excluding carboxylic acids is 1. The van der Waals surface area contributed by atoms with Crippen LogP contribution in [0.15, 0.2) is 66.9 Å². The van der Waals surface area contributed by atoms with Gasteiger partial charge in [0.25, 0.3) is 0 Å². The van der Waals surface area contributed by atoms with Gasteiger partial charge in [-0.15, -0.1) is 0 Å². The number of allylic oxidation sites excluding steroid dienone is 1. The minimum absolute atomic E-state index is 0.0847. The van der Waals surface area contributed by atoms with E-state index in [0.717, 1.165) is 24.2 Å². The van der Waals surface area contributed by atoms with Crippen LogP contribution in [0.2, 0.25) is 0 Å². The van der Waals surface area contributed by atoms with E-state index >= 15 is 0 Å². The summed E-state index contributed by atoms with van der Waals surface area (Å²) in [6.45, 7) is 4.68. The molecule has 2 fully saturated rings. The highest BCUT2D eigenvalue weighted by atomic mass is 16.1. The zero-order valence-corrected chi connectivity index (χ0v) is 15.9. The molecule has 0 saturated carbocycles. The first-order valence-corrected chi connectivity index (χ1v) is 10.2. The van der Waals surface area contributed by atoms with E-state index in [2.05, 4.69) is 21.9 Å². The third-order valence-corrected chi connectivity index (χ3v) is 5.78. The summed E-state index contributed by atoms with van der Waals surface area (Å²) in [5, 5.41) is 0. The van der Waals surface area contributed by atoms with Gasteiger partial charge in [0, 0.05) is 37.0 Å². The molecule has 0 amide bonds. The smallest absolute Gasteiger partial charge is 0.187 e. The van der Waals surface area contributed by atoms with Crippen molar-refractivity contribution in [2.75, 3.05) is 26.2 Å². The molecule has 0 N–H and O–H groups in total. The van der Waals surface area contributed by atoms with Crippen LogP contribution in [0.1, 0.15) is 36.0 Å². The van der Waals surface area contributed by atoms with Gasteiger partial charge >= 0.3 is 0 Å². The second kappa shape index (κ2) is 8.53. The Hall–Kier alpha value is -2.39. The molecule has 0 radical (unpaired) electrons. The van der Waals surface area contributed by atoms with Gasteiger partial charge in [0.1, 0.15) is 0 Å². The predicted molar refractivity (Wildman–Crippen MR) is 111 cm³/mol. The number of rotatable bonds is 6. The van der Waals surface area contributed by atoms with E-state index in [0.29, 0.717) is 6.04 Å². The monoisotopic (exact) mass is 360 g/mol. The van der Waals surface area contributed by atoms with Crippen LogP contribution in [0.5, 0.6) is 0 Å². The van der Waals surface area contributed by atoms with Crippen molar-refractivity contribution in [2.45, 2.75) is 31.7 Å². The Bertz CT molecular complexity index is 776. The Labute approximate surface area is 162 Å². The van der Waals surface area contributed by atoms with Crippen LogP contribution in [0.3, 0.4) is 0 Å². The first-order valence-electron chi connectivity index (χ1n) is 10.2. The SMILES string of the molecule is O=C(C=CN1CCC[C@H]1CN1CCCC1)c1ccc(-c2ccccc2)cc1. The lowest BCUT2D eigenvalue weighted by molar-refractivity contribution is 0.104. The highest BCUT2D eigenvalue weighted by Crippen LogP contribution is 2.22. The number of nitrogens with zero attached hydrogens (tertiary/aromatic N) is 2. The predicted octanol–water partition coefficient (Wildman–Crippen LogP) is 4.61. The van der Waals surface area contributed by atoms with Crippen molar-refractivity contribution in [3.8, 4) is 11.1 Å². The number of carbonyl (C=O) groups is 1. The van der Waals surface area contributed by atoms with E-state index in [1.54, 1.807) is 6.08 Å². The van der Waals surface area contributed by atoms with Gasteiger partial charge in [0.2, 0.25) is 0 Å². The average Bonchev–Trinajstić information content (AvgIpc) is 3.39. The molecule has 140 valence electrons. The summed E-state index contributed by atoms with van der Waals surface area (Å²) in [4.78, 5) is 17.5. The molecule has 3 heteroatoms. The average molecular weight is 361 g/mol. The maximum Gasteiger partial charge on any atom is 0.187 e. The summed E-state index contributed by atoms with van der Waals surface area (Å²) in [5.41, 5.74) is 3.07. The van der Waals surface area contributed by atoms with Gasteiger partial charge in [-0.05, 0) is 49.9 Å². The normalized spacial score (nSPS) is 20.6. The van der Waals surface area contributed by atoms with Crippen LogP contribution in [-0.4, -0.2) is 47.8 Å². The van der Waals surface area contributed by atoms with Gasteiger partial charge in [-0.1, -0.05) is 54.6 Å². The first-order chi connectivity index (χ1) is 13.3. The van der Waals surface area contributed by atoms with Crippen LogP contribution >= 0.6 is 0 Å². The maximum atomic E-state index is 12.6. The van der Waals surface area contributed by atoms with Gasteiger partial charge in [0.05, 0.1) is 0 Å². The van der Waals surface area contributed by atoms with Gasteiger partial charge < -0.3 is 9.80 Å². The summed E-state index contributed by atoms with van der Waals surface area (Å²) in [7, 11) is 0. The number of likely N-dealkylation sites (tertiary alicyclic amines) is 2. The molecule has 4 rings (SSSR count). The Kier molecular flexibility index (Phi) is 5.69. The lowest BCUT2D eigenvalue weighted by Gasteiger charge is -2.27. The lowest BCUT2D eigenvalue weighted by Crippen LogP contribution is -2.36. The second-order valence-corrected chi connectivity index (χ2v) is 7.66. The Morgan fingerprint density at radius 1 is 0.889 bits per heavy atom. The topological polar surface area (TPSA) is 23.6 Å². The molecule has 2 aromatic carbocycles. The van der Waals surface area contributed by atoms with Crippen molar-refractivity contribution >= 4 is 5.78 Å². The molecule has 2 aromatic rings. The quantitative estimate of drug-likeness (QED) is 0.555. The molecule has 0 aromatic heterocycles. The molecule has 0 spiro atoms. The van der Waals surface area contributed by atoms with Crippen molar-refractivity contribution in [1.82, 2.24) is 9.80 Å². The molecular weight excluding hydrogens is 332 g/mol. The zero-order chi connectivity index (χ0) is 18.5. The van der Waals surface area contributed by atoms with Crippen LogP contribution in [0.25, 0.3) is 11.1 Å². The van der Waals surface area contributed by atoms with E-state index in [9.17, 15) is 4.79 Å². The highest BCUT2D eigenvalue weighted by molar-refractivity contribution is 6.04. The Balaban J connectivity index is 1.37. The largest absolute Gasteiger partial charge is 0.373 e. The fourth-order valence-electron chi connectivity index (χ4n) is 4.23. The fraction of sp³-hybridized carbons (Fsp3) is 0.375. The van der Waals surface area contributed by atoms with E-state index in [1.807, 2.05) is 48.7 Å². The van der Waals surface area contributed by atoms with Gasteiger partial charge in [0.15, 0.2) is 5.78 Å². The van der Waals surface area contributed by atoms with Gasteiger partial charge in [-0.25, -0.2) is 0 Å². The van der Waals surface area contributed by atoms with Crippen molar-refractivity contribution in [2.24, 2.45) is 0 Å². The minimum Gasteiger partial charge on any atom is -0.373 e. The van der Waals surface area contributed by atoms with Crippen molar-refractivity contribution in [3.05, 3.63) is 72.4 Å². The third kappa shape index (κ3) is 4.48. The molecule has 0 aliphatic carbocycles. The van der Waals surface area contributed by atoms with Gasteiger partial charge in [-0.3, -0.25) is 4.79 Å². The van der Waals surface area contributed by atoms with Gasteiger partial charge in [-0.2, -0.15) is 0 Å². The van der Waals surface area contributed by atoms with E-state index in [-0.39, 0.29) is 5.78 Å². The molecule has 27 heavy (non-hydrogen) atoms. The molecular formula is C24H28N2O. The zero-order valence-electron chi connectivity index (χ0n) is 15.9. The summed E-state index contributed by atoms with van der Waals surface area (Å²) < 4.78 is 0. The number of hydrogen-bond donors (Lipinski definition) is 0. The third-order valence-electron chi connectivity index (χ3n) is 5.78. The van der Waals surface area contributed by atoms with Crippen LogP contribution in [0.4, 0.5) is 0 Å². The van der Waals surface area contributed by atoms with E-state index < -0.39 is 0 Å². The molecule has 0 bridgehead atoms. The summed E-state index contributed by atoms with van der Waals surface area (Å²) in [6, 6.07) is 18.7. The highest BCUT2D eigenvalue weighted by Gasteiger charge is 2.25. The van der Waals surface area contributed by atoms with Crippen LogP contribution in [-0.2, 0) is 0 Å². The van der Waals surface area contributed by atoms with Crippen molar-refractivity contribution < 1.29 is 4.79 Å².